The Kier molecular flexibility index (Phi) is 10.3. The summed E-state index contributed by atoms with van der Waals surface area (Å²) in [4.78, 5) is 26.5. The van der Waals surface area contributed by atoms with Crippen LogP contribution in [0.2, 0.25) is 0 Å². The number of benzene rings is 2. The minimum Gasteiger partial charge on any atom is -0.464 e. The summed E-state index contributed by atoms with van der Waals surface area (Å²) in [5.74, 6) is -0.554. The molecule has 8 atom stereocenters. The summed E-state index contributed by atoms with van der Waals surface area (Å²) in [7, 11) is 0. The number of Topliss-reactive ketones (excluding diaryl/α,β-unsaturated/α-hetero) is 1. The van der Waals surface area contributed by atoms with Crippen LogP contribution in [0.15, 0.2) is 60.7 Å². The Hall–Kier alpha value is -2.58. The molecule has 0 spiro atoms. The van der Waals surface area contributed by atoms with Crippen molar-refractivity contribution in [3.05, 3.63) is 71.8 Å². The molecule has 44 heavy (non-hydrogen) atoms. The summed E-state index contributed by atoms with van der Waals surface area (Å²) >= 11 is 0. The molecular formula is C37H50O7. The number of rotatable bonds is 12. The van der Waals surface area contributed by atoms with Crippen LogP contribution in [-0.4, -0.2) is 49.1 Å². The summed E-state index contributed by atoms with van der Waals surface area (Å²) in [6.07, 6.45) is 3.32. The van der Waals surface area contributed by atoms with Crippen molar-refractivity contribution >= 4 is 11.8 Å². The van der Waals surface area contributed by atoms with E-state index in [4.69, 9.17) is 18.9 Å². The van der Waals surface area contributed by atoms with Crippen LogP contribution in [0.3, 0.4) is 0 Å². The van der Waals surface area contributed by atoms with Crippen molar-refractivity contribution in [1.82, 2.24) is 0 Å². The third-order valence-electron chi connectivity index (χ3n) is 11.6. The Balaban J connectivity index is 1.30. The first-order chi connectivity index (χ1) is 21.1. The largest absolute Gasteiger partial charge is 0.464 e. The fraction of sp³-hybridized carbons (Fsp3) is 0.622. The number of hydrogen-bond acceptors (Lipinski definition) is 7. The average Bonchev–Trinajstić information content (AvgIpc) is 3.39. The molecule has 240 valence electrons. The number of hydrogen-bond donors (Lipinski definition) is 1. The fourth-order valence-corrected chi connectivity index (χ4v) is 8.93. The van der Waals surface area contributed by atoms with Gasteiger partial charge in [-0.15, -0.1) is 0 Å². The van der Waals surface area contributed by atoms with E-state index >= 15 is 0 Å². The zero-order valence-corrected chi connectivity index (χ0v) is 26.8. The van der Waals surface area contributed by atoms with Gasteiger partial charge in [-0.05, 0) is 60.0 Å². The van der Waals surface area contributed by atoms with Crippen LogP contribution in [0.25, 0.3) is 0 Å². The van der Waals surface area contributed by atoms with Crippen LogP contribution in [0.1, 0.15) is 77.3 Å². The topological polar surface area (TPSA) is 91.3 Å². The number of carbonyl (C=O) groups excluding carboxylic acids is 2. The Morgan fingerprint density at radius 3 is 2.23 bits per heavy atom. The fourth-order valence-electron chi connectivity index (χ4n) is 8.93. The first-order valence-corrected chi connectivity index (χ1v) is 16.4. The molecule has 3 aliphatic rings. The summed E-state index contributed by atoms with van der Waals surface area (Å²) in [5, 5.41) is 12.1. The van der Waals surface area contributed by atoms with Crippen LogP contribution < -0.4 is 0 Å². The molecule has 1 unspecified atom stereocenters. The van der Waals surface area contributed by atoms with Gasteiger partial charge < -0.3 is 24.1 Å². The van der Waals surface area contributed by atoms with E-state index in [-0.39, 0.29) is 60.5 Å². The van der Waals surface area contributed by atoms with E-state index in [1.807, 2.05) is 60.7 Å². The van der Waals surface area contributed by atoms with Gasteiger partial charge in [0.2, 0.25) is 0 Å². The second-order valence-corrected chi connectivity index (χ2v) is 14.0. The number of carbonyl (C=O) groups is 2. The highest BCUT2D eigenvalue weighted by molar-refractivity contribution is 5.85. The Morgan fingerprint density at radius 2 is 1.59 bits per heavy atom. The number of aliphatic hydroxyl groups excluding tert-OH is 1. The van der Waals surface area contributed by atoms with E-state index in [1.54, 1.807) is 0 Å². The first kappa shape index (κ1) is 32.8. The third kappa shape index (κ3) is 6.39. The molecule has 0 radical (unpaired) electrons. The molecule has 0 aliphatic heterocycles. The van der Waals surface area contributed by atoms with Gasteiger partial charge in [0.25, 0.3) is 0 Å². The molecule has 1 N–H and O–H groups in total. The van der Waals surface area contributed by atoms with Crippen molar-refractivity contribution in [3.8, 4) is 0 Å². The summed E-state index contributed by atoms with van der Waals surface area (Å²) in [6.45, 7) is 9.70. The Labute approximate surface area is 262 Å². The lowest BCUT2D eigenvalue weighted by Gasteiger charge is -2.62. The SMILES string of the molecule is CC[C@]1(C)C[C@@H](O)[C@@]2(C)C3C(=O)CC[C@@]3(CC[C@H]2COC(=O)COCc2ccccc2)[C@@H](C)[C@@H]1OCOCc1ccccc1. The molecule has 0 aromatic heterocycles. The van der Waals surface area contributed by atoms with Crippen LogP contribution >= 0.6 is 0 Å². The van der Waals surface area contributed by atoms with E-state index in [1.165, 1.54) is 0 Å². The highest BCUT2D eigenvalue weighted by atomic mass is 16.7. The maximum atomic E-state index is 13.8. The van der Waals surface area contributed by atoms with Crippen molar-refractivity contribution in [3.63, 3.8) is 0 Å². The monoisotopic (exact) mass is 606 g/mol. The lowest BCUT2D eigenvalue weighted by Crippen LogP contribution is -2.64. The van der Waals surface area contributed by atoms with Gasteiger partial charge in [-0.1, -0.05) is 88.4 Å². The Morgan fingerprint density at radius 1 is 0.955 bits per heavy atom. The van der Waals surface area contributed by atoms with E-state index < -0.39 is 17.5 Å². The summed E-state index contributed by atoms with van der Waals surface area (Å²) in [6, 6.07) is 19.8. The van der Waals surface area contributed by atoms with Gasteiger partial charge >= 0.3 is 5.97 Å². The van der Waals surface area contributed by atoms with Gasteiger partial charge in [0.05, 0.1) is 32.0 Å². The number of ether oxygens (including phenoxy) is 4. The maximum Gasteiger partial charge on any atom is 0.332 e. The summed E-state index contributed by atoms with van der Waals surface area (Å²) in [5.41, 5.74) is 0.757. The van der Waals surface area contributed by atoms with E-state index in [0.29, 0.717) is 26.1 Å². The molecule has 0 amide bonds. The lowest BCUT2D eigenvalue weighted by molar-refractivity contribution is -0.232. The van der Waals surface area contributed by atoms with Crippen molar-refractivity contribution in [2.45, 2.75) is 91.6 Å². The molecule has 3 saturated carbocycles. The van der Waals surface area contributed by atoms with Gasteiger partial charge in [0.15, 0.2) is 0 Å². The van der Waals surface area contributed by atoms with Crippen molar-refractivity contribution in [2.75, 3.05) is 20.0 Å². The molecule has 2 aromatic rings. The van der Waals surface area contributed by atoms with E-state index in [9.17, 15) is 14.7 Å². The molecule has 7 heteroatoms. The highest BCUT2D eigenvalue weighted by Gasteiger charge is 2.68. The molecule has 3 fully saturated rings. The van der Waals surface area contributed by atoms with Crippen molar-refractivity contribution in [2.24, 2.45) is 34.0 Å². The molecular weight excluding hydrogens is 556 g/mol. The van der Waals surface area contributed by atoms with E-state index in [2.05, 4.69) is 27.7 Å². The molecule has 2 bridgehead atoms. The van der Waals surface area contributed by atoms with Gasteiger partial charge in [-0.3, -0.25) is 4.79 Å². The van der Waals surface area contributed by atoms with Crippen LogP contribution in [0, 0.1) is 34.0 Å². The normalized spacial score (nSPS) is 35.0. The minimum atomic E-state index is -0.749. The smallest absolute Gasteiger partial charge is 0.332 e. The average molecular weight is 607 g/mol. The van der Waals surface area contributed by atoms with Gasteiger partial charge in [-0.25, -0.2) is 4.79 Å². The maximum absolute atomic E-state index is 13.8. The van der Waals surface area contributed by atoms with Crippen LogP contribution in [0.5, 0.6) is 0 Å². The molecule has 7 nitrogen and oxygen atoms in total. The standard InChI is InChI=1S/C37H50O7/c1-5-35(3)20-31(39)36(4)29(23-43-32(40)24-41-21-27-12-8-6-9-13-27)16-18-37(19-17-30(38)33(36)37)26(2)34(35)44-25-42-22-28-14-10-7-11-15-28/h6-15,26,29,31,33-34,39H,5,16-25H2,1-4H3/t26-,29-,31+,33?,34-,35+,36-,37-/m0/s1. The predicted octanol–water partition coefficient (Wildman–Crippen LogP) is 6.50. The van der Waals surface area contributed by atoms with Gasteiger partial charge in [-0.2, -0.15) is 0 Å². The quantitative estimate of drug-likeness (QED) is 0.167. The summed E-state index contributed by atoms with van der Waals surface area (Å²) < 4.78 is 24.0. The minimum absolute atomic E-state index is 0.0888. The molecule has 2 aromatic carbocycles. The lowest BCUT2D eigenvalue weighted by atomic mass is 9.43. The van der Waals surface area contributed by atoms with Crippen LogP contribution in [0.4, 0.5) is 0 Å². The second kappa shape index (κ2) is 13.8. The van der Waals surface area contributed by atoms with Gasteiger partial charge in [0.1, 0.15) is 19.2 Å². The van der Waals surface area contributed by atoms with E-state index in [0.717, 1.165) is 36.8 Å². The zero-order chi connectivity index (χ0) is 31.4. The van der Waals surface area contributed by atoms with Crippen molar-refractivity contribution < 1.29 is 33.6 Å². The van der Waals surface area contributed by atoms with Crippen molar-refractivity contribution in [1.29, 1.82) is 0 Å². The second-order valence-electron chi connectivity index (χ2n) is 14.0. The Bertz CT molecular complexity index is 1250. The number of ketones is 1. The first-order valence-electron chi connectivity index (χ1n) is 16.4. The highest BCUT2D eigenvalue weighted by Crippen LogP contribution is 2.68. The molecule has 0 heterocycles. The third-order valence-corrected chi connectivity index (χ3v) is 11.6. The van der Waals surface area contributed by atoms with Crippen LogP contribution in [-0.2, 0) is 41.8 Å². The van der Waals surface area contributed by atoms with Gasteiger partial charge in [0, 0.05) is 23.7 Å². The number of esters is 1. The zero-order valence-electron chi connectivity index (χ0n) is 26.8. The predicted molar refractivity (Wildman–Crippen MR) is 167 cm³/mol. The molecule has 0 saturated heterocycles. The molecule has 5 rings (SSSR count). The molecule has 3 aliphatic carbocycles. The number of aliphatic hydroxyl groups is 1.